The Bertz CT molecular complexity index is 806. The lowest BCUT2D eigenvalue weighted by molar-refractivity contribution is -0.120. The lowest BCUT2D eigenvalue weighted by Gasteiger charge is -2.22. The van der Waals surface area contributed by atoms with Crippen molar-refractivity contribution in [2.75, 3.05) is 11.9 Å². The molecule has 0 heterocycles. The van der Waals surface area contributed by atoms with E-state index in [4.69, 9.17) is 10.5 Å². The molecule has 0 bridgehead atoms. The zero-order valence-corrected chi connectivity index (χ0v) is 15.3. The summed E-state index contributed by atoms with van der Waals surface area (Å²) in [6.45, 7) is 3.45. The van der Waals surface area contributed by atoms with Crippen molar-refractivity contribution < 1.29 is 19.1 Å². The maximum Gasteiger partial charge on any atom is 0.255 e. The van der Waals surface area contributed by atoms with Crippen molar-refractivity contribution in [3.63, 3.8) is 0 Å². The number of primary amides is 1. The predicted molar refractivity (Wildman–Crippen MR) is 102 cm³/mol. The van der Waals surface area contributed by atoms with E-state index in [2.05, 4.69) is 10.6 Å². The third kappa shape index (κ3) is 6.14. The first-order chi connectivity index (χ1) is 12.9. The van der Waals surface area contributed by atoms with Crippen LogP contribution in [0.1, 0.15) is 24.2 Å². The molecule has 1 atom stereocenters. The van der Waals surface area contributed by atoms with Crippen LogP contribution in [0, 0.1) is 5.92 Å². The van der Waals surface area contributed by atoms with Crippen LogP contribution in [0.5, 0.6) is 5.75 Å². The van der Waals surface area contributed by atoms with Crippen molar-refractivity contribution in [2.24, 2.45) is 11.7 Å². The number of ether oxygens (including phenoxy) is 1. The van der Waals surface area contributed by atoms with E-state index in [1.165, 1.54) is 0 Å². The molecular weight excluding hydrogens is 346 g/mol. The van der Waals surface area contributed by atoms with E-state index in [1.54, 1.807) is 48.5 Å². The molecule has 0 aliphatic carbocycles. The summed E-state index contributed by atoms with van der Waals surface area (Å²) in [5.41, 5.74) is 6.02. The fraction of sp³-hybridized carbons (Fsp3) is 0.250. The number of carbonyl (C=O) groups excluding carboxylic acids is 3. The molecule has 4 N–H and O–H groups in total. The second-order valence-corrected chi connectivity index (χ2v) is 6.33. The SMILES string of the molecule is CC(C)C(NC(=O)c1ccccc1)C(=O)Nc1cccc(OCC(N)=O)c1. The van der Waals surface area contributed by atoms with Crippen LogP contribution in [0.15, 0.2) is 54.6 Å². The summed E-state index contributed by atoms with van der Waals surface area (Å²) < 4.78 is 5.22. The summed E-state index contributed by atoms with van der Waals surface area (Å²) >= 11 is 0. The molecule has 0 radical (unpaired) electrons. The number of rotatable bonds is 8. The molecule has 0 aliphatic rings. The first-order valence-electron chi connectivity index (χ1n) is 8.54. The van der Waals surface area contributed by atoms with Gasteiger partial charge in [0, 0.05) is 17.3 Å². The summed E-state index contributed by atoms with van der Waals surface area (Å²) in [5.74, 6) is -0.967. The molecule has 142 valence electrons. The highest BCUT2D eigenvalue weighted by molar-refractivity contribution is 6.01. The molecule has 27 heavy (non-hydrogen) atoms. The van der Waals surface area contributed by atoms with Crippen LogP contribution in [0.2, 0.25) is 0 Å². The number of benzene rings is 2. The predicted octanol–water partition coefficient (Wildman–Crippen LogP) is 1.94. The molecule has 0 aliphatic heterocycles. The molecule has 0 spiro atoms. The standard InChI is InChI=1S/C20H23N3O4/c1-13(2)18(23-19(25)14-7-4-3-5-8-14)20(26)22-15-9-6-10-16(11-15)27-12-17(21)24/h3-11,13,18H,12H2,1-2H3,(H2,21,24)(H,22,26)(H,23,25). The summed E-state index contributed by atoms with van der Waals surface area (Å²) in [6.07, 6.45) is 0. The van der Waals surface area contributed by atoms with Gasteiger partial charge in [0.15, 0.2) is 6.61 Å². The van der Waals surface area contributed by atoms with Gasteiger partial charge in [0.2, 0.25) is 5.91 Å². The highest BCUT2D eigenvalue weighted by Gasteiger charge is 2.24. The highest BCUT2D eigenvalue weighted by Crippen LogP contribution is 2.18. The number of anilines is 1. The van der Waals surface area contributed by atoms with Gasteiger partial charge in [-0.2, -0.15) is 0 Å². The number of amides is 3. The molecule has 0 saturated heterocycles. The number of hydrogen-bond donors (Lipinski definition) is 3. The van der Waals surface area contributed by atoms with Gasteiger partial charge < -0.3 is 21.1 Å². The van der Waals surface area contributed by atoms with Crippen molar-refractivity contribution in [1.29, 1.82) is 0 Å². The maximum absolute atomic E-state index is 12.7. The first-order valence-corrected chi connectivity index (χ1v) is 8.54. The minimum absolute atomic E-state index is 0.119. The summed E-state index contributed by atoms with van der Waals surface area (Å²) in [5, 5.41) is 5.52. The van der Waals surface area contributed by atoms with E-state index < -0.39 is 11.9 Å². The van der Waals surface area contributed by atoms with Gasteiger partial charge in [0.25, 0.3) is 11.8 Å². The molecule has 0 fully saturated rings. The van der Waals surface area contributed by atoms with E-state index in [0.717, 1.165) is 0 Å². The fourth-order valence-corrected chi connectivity index (χ4v) is 2.39. The molecule has 7 heteroatoms. The third-order valence-electron chi connectivity index (χ3n) is 3.75. The second kappa shape index (κ2) is 9.38. The quantitative estimate of drug-likeness (QED) is 0.660. The number of hydrogen-bond acceptors (Lipinski definition) is 4. The highest BCUT2D eigenvalue weighted by atomic mass is 16.5. The zero-order chi connectivity index (χ0) is 19.8. The number of nitrogens with one attached hydrogen (secondary N) is 2. The lowest BCUT2D eigenvalue weighted by atomic mass is 10.0. The van der Waals surface area contributed by atoms with Crippen LogP contribution >= 0.6 is 0 Å². The van der Waals surface area contributed by atoms with Crippen molar-refractivity contribution in [2.45, 2.75) is 19.9 Å². The van der Waals surface area contributed by atoms with Gasteiger partial charge in [0.1, 0.15) is 11.8 Å². The fourth-order valence-electron chi connectivity index (χ4n) is 2.39. The molecule has 0 saturated carbocycles. The Morgan fingerprint density at radius 3 is 2.37 bits per heavy atom. The molecule has 2 rings (SSSR count). The largest absolute Gasteiger partial charge is 0.484 e. The minimum Gasteiger partial charge on any atom is -0.484 e. The van der Waals surface area contributed by atoms with Gasteiger partial charge in [-0.3, -0.25) is 14.4 Å². The van der Waals surface area contributed by atoms with Crippen molar-refractivity contribution in [3.8, 4) is 5.75 Å². The van der Waals surface area contributed by atoms with Gasteiger partial charge in [-0.05, 0) is 30.2 Å². The molecule has 2 aromatic carbocycles. The molecule has 0 aromatic heterocycles. The van der Waals surface area contributed by atoms with Gasteiger partial charge in [-0.15, -0.1) is 0 Å². The Balaban J connectivity index is 2.05. The van der Waals surface area contributed by atoms with E-state index in [-0.39, 0.29) is 24.3 Å². The van der Waals surface area contributed by atoms with Crippen LogP contribution < -0.4 is 21.1 Å². The van der Waals surface area contributed by atoms with E-state index in [1.807, 2.05) is 19.9 Å². The van der Waals surface area contributed by atoms with Crippen molar-refractivity contribution in [3.05, 3.63) is 60.2 Å². The van der Waals surface area contributed by atoms with Crippen LogP contribution in [0.3, 0.4) is 0 Å². The van der Waals surface area contributed by atoms with E-state index in [0.29, 0.717) is 17.0 Å². The van der Waals surface area contributed by atoms with E-state index >= 15 is 0 Å². The van der Waals surface area contributed by atoms with E-state index in [9.17, 15) is 14.4 Å². The van der Waals surface area contributed by atoms with Crippen LogP contribution in [0.25, 0.3) is 0 Å². The maximum atomic E-state index is 12.7. The van der Waals surface area contributed by atoms with Crippen LogP contribution in [-0.2, 0) is 9.59 Å². The third-order valence-corrected chi connectivity index (χ3v) is 3.75. The topological polar surface area (TPSA) is 111 Å². The molecule has 1 unspecified atom stereocenters. The number of carbonyl (C=O) groups is 3. The smallest absolute Gasteiger partial charge is 0.255 e. The Kier molecular flexibility index (Phi) is 6.93. The van der Waals surface area contributed by atoms with Crippen molar-refractivity contribution in [1.82, 2.24) is 5.32 Å². The Morgan fingerprint density at radius 2 is 1.74 bits per heavy atom. The average Bonchev–Trinajstić information content (AvgIpc) is 2.65. The van der Waals surface area contributed by atoms with Crippen LogP contribution in [-0.4, -0.2) is 30.4 Å². The first kappa shape index (κ1) is 20.0. The summed E-state index contributed by atoms with van der Waals surface area (Å²) in [4.78, 5) is 35.8. The molecule has 2 aromatic rings. The van der Waals surface area contributed by atoms with Gasteiger partial charge in [0.05, 0.1) is 0 Å². The second-order valence-electron chi connectivity index (χ2n) is 6.33. The summed E-state index contributed by atoms with van der Waals surface area (Å²) in [7, 11) is 0. The normalized spacial score (nSPS) is 11.5. The Hall–Kier alpha value is -3.35. The van der Waals surface area contributed by atoms with Gasteiger partial charge >= 0.3 is 0 Å². The Morgan fingerprint density at radius 1 is 1.04 bits per heavy atom. The number of nitrogens with two attached hydrogens (primary N) is 1. The lowest BCUT2D eigenvalue weighted by Crippen LogP contribution is -2.47. The average molecular weight is 369 g/mol. The van der Waals surface area contributed by atoms with Crippen LogP contribution in [0.4, 0.5) is 5.69 Å². The Labute approximate surface area is 157 Å². The van der Waals surface area contributed by atoms with Gasteiger partial charge in [-0.25, -0.2) is 0 Å². The monoisotopic (exact) mass is 369 g/mol. The van der Waals surface area contributed by atoms with Crippen molar-refractivity contribution >= 4 is 23.4 Å². The zero-order valence-electron chi connectivity index (χ0n) is 15.3. The molecular formula is C20H23N3O4. The molecule has 7 nitrogen and oxygen atoms in total. The minimum atomic E-state index is -0.715. The van der Waals surface area contributed by atoms with Gasteiger partial charge in [-0.1, -0.05) is 38.1 Å². The summed E-state index contributed by atoms with van der Waals surface area (Å²) in [6, 6.07) is 14.6. The molecule has 3 amide bonds.